The molecule has 0 aromatic heterocycles. The molecule has 6 heteroatoms. The van der Waals surface area contributed by atoms with Gasteiger partial charge in [-0.3, -0.25) is 4.90 Å². The summed E-state index contributed by atoms with van der Waals surface area (Å²) >= 11 is 0. The van der Waals surface area contributed by atoms with Crippen molar-refractivity contribution >= 4 is 0 Å². The van der Waals surface area contributed by atoms with E-state index in [4.69, 9.17) is 5.73 Å². The zero-order chi connectivity index (χ0) is 15.0. The molecule has 3 atom stereocenters. The van der Waals surface area contributed by atoms with Crippen molar-refractivity contribution in [3.63, 3.8) is 0 Å². The van der Waals surface area contributed by atoms with Crippen LogP contribution >= 0.6 is 0 Å². The van der Waals surface area contributed by atoms with Crippen molar-refractivity contribution in [1.82, 2.24) is 4.90 Å². The molecule has 3 unspecified atom stereocenters. The molecule has 2 fully saturated rings. The number of alkyl halides is 3. The first-order chi connectivity index (χ1) is 9.90. The molecule has 1 aromatic carbocycles. The summed E-state index contributed by atoms with van der Waals surface area (Å²) in [6.07, 6.45) is -2.32. The highest BCUT2D eigenvalue weighted by atomic mass is 19.4. The quantitative estimate of drug-likeness (QED) is 0.933. The summed E-state index contributed by atoms with van der Waals surface area (Å²) in [7, 11) is 0. The van der Waals surface area contributed by atoms with Crippen LogP contribution in [-0.4, -0.2) is 30.4 Å². The van der Waals surface area contributed by atoms with Gasteiger partial charge in [-0.1, -0.05) is 12.1 Å². The largest absolute Gasteiger partial charge is 0.573 e. The van der Waals surface area contributed by atoms with E-state index in [1.807, 2.05) is 0 Å². The molecule has 3 rings (SSSR count). The van der Waals surface area contributed by atoms with Gasteiger partial charge in [-0.15, -0.1) is 13.2 Å². The SMILES string of the molecule is NC1CCC2CN(Cc3ccc(OC(F)(F)F)cc3)CC12. The molecule has 2 aliphatic rings. The van der Waals surface area contributed by atoms with Crippen LogP contribution in [0.2, 0.25) is 0 Å². The number of likely N-dealkylation sites (tertiary alicyclic amines) is 1. The van der Waals surface area contributed by atoms with Crippen LogP contribution in [0.4, 0.5) is 13.2 Å². The molecule has 0 radical (unpaired) electrons. The highest BCUT2D eigenvalue weighted by Crippen LogP contribution is 2.37. The summed E-state index contributed by atoms with van der Waals surface area (Å²) in [6.45, 7) is 2.79. The number of hydrogen-bond donors (Lipinski definition) is 1. The van der Waals surface area contributed by atoms with Crippen LogP contribution in [0.25, 0.3) is 0 Å². The summed E-state index contributed by atoms with van der Waals surface area (Å²) in [4.78, 5) is 2.34. The summed E-state index contributed by atoms with van der Waals surface area (Å²) in [5, 5.41) is 0. The second kappa shape index (κ2) is 5.50. The van der Waals surface area contributed by atoms with Gasteiger partial charge in [0.05, 0.1) is 0 Å². The average molecular weight is 300 g/mol. The molecular formula is C15H19F3N2O. The van der Waals surface area contributed by atoms with Gasteiger partial charge < -0.3 is 10.5 Å². The first-order valence-corrected chi connectivity index (χ1v) is 7.23. The van der Waals surface area contributed by atoms with Crippen molar-refractivity contribution < 1.29 is 17.9 Å². The lowest BCUT2D eigenvalue weighted by Crippen LogP contribution is -2.30. The van der Waals surface area contributed by atoms with Crippen LogP contribution in [0, 0.1) is 11.8 Å². The van der Waals surface area contributed by atoms with Gasteiger partial charge in [0.15, 0.2) is 0 Å². The van der Waals surface area contributed by atoms with Crippen molar-refractivity contribution in [2.75, 3.05) is 13.1 Å². The van der Waals surface area contributed by atoms with Crippen LogP contribution in [0.15, 0.2) is 24.3 Å². The Labute approximate surface area is 121 Å². The monoisotopic (exact) mass is 300 g/mol. The topological polar surface area (TPSA) is 38.5 Å². The Morgan fingerprint density at radius 2 is 1.86 bits per heavy atom. The molecule has 1 aromatic rings. The van der Waals surface area contributed by atoms with Crippen molar-refractivity contribution in [1.29, 1.82) is 0 Å². The number of hydrogen-bond acceptors (Lipinski definition) is 3. The Hall–Kier alpha value is -1.27. The summed E-state index contributed by atoms with van der Waals surface area (Å²) in [6, 6.07) is 6.42. The molecule has 1 saturated carbocycles. The van der Waals surface area contributed by atoms with E-state index in [-0.39, 0.29) is 5.75 Å². The lowest BCUT2D eigenvalue weighted by molar-refractivity contribution is -0.274. The highest BCUT2D eigenvalue weighted by molar-refractivity contribution is 5.27. The van der Waals surface area contributed by atoms with Crippen LogP contribution in [-0.2, 0) is 6.54 Å². The minimum absolute atomic E-state index is 0.174. The number of ether oxygens (including phenoxy) is 1. The number of nitrogens with two attached hydrogens (primary N) is 1. The number of rotatable bonds is 3. The van der Waals surface area contributed by atoms with Crippen molar-refractivity contribution in [2.45, 2.75) is 31.8 Å². The molecule has 0 amide bonds. The van der Waals surface area contributed by atoms with Crippen molar-refractivity contribution in [2.24, 2.45) is 17.6 Å². The Kier molecular flexibility index (Phi) is 3.84. The predicted molar refractivity (Wildman–Crippen MR) is 72.6 cm³/mol. The first kappa shape index (κ1) is 14.7. The fraction of sp³-hybridized carbons (Fsp3) is 0.600. The van der Waals surface area contributed by atoms with Crippen molar-refractivity contribution in [3.05, 3.63) is 29.8 Å². The predicted octanol–water partition coefficient (Wildman–Crippen LogP) is 2.75. The molecule has 0 bridgehead atoms. The third-order valence-electron chi connectivity index (χ3n) is 4.55. The smallest absolute Gasteiger partial charge is 0.406 e. The molecule has 2 N–H and O–H groups in total. The minimum atomic E-state index is -4.63. The zero-order valence-corrected chi connectivity index (χ0v) is 11.6. The van der Waals surface area contributed by atoms with Crippen LogP contribution in [0.1, 0.15) is 18.4 Å². The molecule has 1 aliphatic heterocycles. The zero-order valence-electron chi connectivity index (χ0n) is 11.6. The van der Waals surface area contributed by atoms with Crippen LogP contribution < -0.4 is 10.5 Å². The van der Waals surface area contributed by atoms with E-state index in [0.717, 1.165) is 31.6 Å². The third-order valence-corrected chi connectivity index (χ3v) is 4.55. The molecule has 3 nitrogen and oxygen atoms in total. The maximum atomic E-state index is 12.1. The molecular weight excluding hydrogens is 281 g/mol. The number of halogens is 3. The number of benzene rings is 1. The van der Waals surface area contributed by atoms with E-state index in [2.05, 4.69) is 9.64 Å². The van der Waals surface area contributed by atoms with Crippen molar-refractivity contribution in [3.8, 4) is 5.75 Å². The fourth-order valence-electron chi connectivity index (χ4n) is 3.58. The van der Waals surface area contributed by atoms with Gasteiger partial charge in [0, 0.05) is 25.7 Å². The van der Waals surface area contributed by atoms with Gasteiger partial charge in [0.1, 0.15) is 5.75 Å². The lowest BCUT2D eigenvalue weighted by Gasteiger charge is -2.18. The highest BCUT2D eigenvalue weighted by Gasteiger charge is 2.40. The van der Waals surface area contributed by atoms with Gasteiger partial charge in [-0.05, 0) is 42.4 Å². The van der Waals surface area contributed by atoms with E-state index in [1.54, 1.807) is 12.1 Å². The molecule has 21 heavy (non-hydrogen) atoms. The second-order valence-electron chi connectivity index (χ2n) is 6.05. The maximum Gasteiger partial charge on any atom is 0.573 e. The van der Waals surface area contributed by atoms with Gasteiger partial charge in [-0.2, -0.15) is 0 Å². The van der Waals surface area contributed by atoms with Crippen LogP contribution in [0.5, 0.6) is 5.75 Å². The van der Waals surface area contributed by atoms with Gasteiger partial charge in [0.2, 0.25) is 0 Å². The maximum absolute atomic E-state index is 12.1. The molecule has 0 spiro atoms. The van der Waals surface area contributed by atoms with E-state index in [0.29, 0.717) is 17.9 Å². The fourth-order valence-corrected chi connectivity index (χ4v) is 3.58. The van der Waals surface area contributed by atoms with E-state index in [1.165, 1.54) is 18.6 Å². The number of fused-ring (bicyclic) bond motifs is 1. The Morgan fingerprint density at radius 1 is 1.14 bits per heavy atom. The minimum Gasteiger partial charge on any atom is -0.406 e. The normalized spacial score (nSPS) is 29.6. The standard InChI is InChI=1S/C15H19F3N2O/c16-15(17,18)21-12-4-1-10(2-5-12)7-20-8-11-3-6-14(19)13(11)9-20/h1-2,4-5,11,13-14H,3,6-9,19H2. The van der Waals surface area contributed by atoms with E-state index >= 15 is 0 Å². The lowest BCUT2D eigenvalue weighted by atomic mass is 9.98. The van der Waals surface area contributed by atoms with E-state index < -0.39 is 6.36 Å². The van der Waals surface area contributed by atoms with Gasteiger partial charge in [-0.25, -0.2) is 0 Å². The Morgan fingerprint density at radius 3 is 2.48 bits per heavy atom. The summed E-state index contributed by atoms with van der Waals surface area (Å²) < 4.78 is 40.2. The van der Waals surface area contributed by atoms with E-state index in [9.17, 15) is 13.2 Å². The first-order valence-electron chi connectivity index (χ1n) is 7.23. The summed E-state index contributed by atoms with van der Waals surface area (Å²) in [5.74, 6) is 1.09. The summed E-state index contributed by atoms with van der Waals surface area (Å²) in [5.41, 5.74) is 7.10. The third kappa shape index (κ3) is 3.49. The molecule has 116 valence electrons. The second-order valence-corrected chi connectivity index (χ2v) is 6.05. The average Bonchev–Trinajstić information content (AvgIpc) is 2.93. The number of nitrogens with zero attached hydrogens (tertiary/aromatic N) is 1. The van der Waals surface area contributed by atoms with Crippen LogP contribution in [0.3, 0.4) is 0 Å². The Balaban J connectivity index is 1.57. The van der Waals surface area contributed by atoms with Gasteiger partial charge >= 0.3 is 6.36 Å². The van der Waals surface area contributed by atoms with Gasteiger partial charge in [0.25, 0.3) is 0 Å². The Bertz CT molecular complexity index is 489. The molecule has 1 saturated heterocycles. The molecule has 1 heterocycles. The molecule has 1 aliphatic carbocycles.